The standard InChI is InChI=1S/C27H52N2O11Si/c1-8-38-41(39-9-2,40-10-3)14-12-11-13-28-37-21-25(30)29-22(15-31-23-17-33-26(4,5)34-18-23)16-32-24-19-35-27(6,7)36-20-24/h13,22-24H,8-12,14-21H2,1-7H3,(H,29,30). The fraction of sp³-hybridized carbons (Fsp3) is 0.926. The van der Waals surface area contributed by atoms with Gasteiger partial charge < -0.3 is 51.9 Å². The molecule has 0 aromatic rings. The third-order valence-corrected chi connectivity index (χ3v) is 9.30. The van der Waals surface area contributed by atoms with Crippen molar-refractivity contribution in [2.75, 3.05) is 66.1 Å². The smallest absolute Gasteiger partial charge is 0.386 e. The van der Waals surface area contributed by atoms with Crippen molar-refractivity contribution >= 4 is 20.9 Å². The molecular weight excluding hydrogens is 556 g/mol. The monoisotopic (exact) mass is 608 g/mol. The molecule has 0 saturated carbocycles. The van der Waals surface area contributed by atoms with E-state index in [1.54, 1.807) is 6.21 Å². The quantitative estimate of drug-likeness (QED) is 0.0946. The van der Waals surface area contributed by atoms with Crippen LogP contribution in [0.15, 0.2) is 5.16 Å². The topological polar surface area (TPSA) is 134 Å². The first-order valence-electron chi connectivity index (χ1n) is 14.7. The highest BCUT2D eigenvalue weighted by Crippen LogP contribution is 2.21. The summed E-state index contributed by atoms with van der Waals surface area (Å²) < 4.78 is 52.1. The van der Waals surface area contributed by atoms with Gasteiger partial charge in [0.15, 0.2) is 18.2 Å². The van der Waals surface area contributed by atoms with Crippen LogP contribution in [0.3, 0.4) is 0 Å². The maximum atomic E-state index is 12.6. The summed E-state index contributed by atoms with van der Waals surface area (Å²) in [5.74, 6) is -1.61. The molecule has 0 aromatic heterocycles. The van der Waals surface area contributed by atoms with Crippen LogP contribution in [0.4, 0.5) is 0 Å². The van der Waals surface area contributed by atoms with Crippen LogP contribution in [0.2, 0.25) is 6.04 Å². The van der Waals surface area contributed by atoms with E-state index < -0.39 is 26.4 Å². The molecule has 0 atom stereocenters. The molecule has 2 heterocycles. The van der Waals surface area contributed by atoms with Crippen LogP contribution in [-0.2, 0) is 51.3 Å². The fourth-order valence-corrected chi connectivity index (χ4v) is 6.70. The Labute approximate surface area is 246 Å². The summed E-state index contributed by atoms with van der Waals surface area (Å²) in [5, 5.41) is 6.82. The number of ether oxygens (including phenoxy) is 6. The van der Waals surface area contributed by atoms with Gasteiger partial charge in [-0.05, 0) is 61.3 Å². The van der Waals surface area contributed by atoms with E-state index in [-0.39, 0.29) is 37.9 Å². The largest absolute Gasteiger partial charge is 0.500 e. The minimum atomic E-state index is -2.68. The molecule has 13 nitrogen and oxygen atoms in total. The summed E-state index contributed by atoms with van der Waals surface area (Å²) in [7, 11) is -2.68. The summed E-state index contributed by atoms with van der Waals surface area (Å²) in [6.07, 6.45) is 2.54. The second kappa shape index (κ2) is 18.5. The molecular formula is C27H52N2O11Si. The van der Waals surface area contributed by atoms with E-state index in [0.29, 0.717) is 58.7 Å². The molecule has 240 valence electrons. The van der Waals surface area contributed by atoms with Crippen molar-refractivity contribution in [3.63, 3.8) is 0 Å². The number of nitrogens with zero attached hydrogens (tertiary/aromatic N) is 1. The molecule has 0 aliphatic carbocycles. The number of hydrogen-bond donors (Lipinski definition) is 1. The molecule has 2 rings (SSSR count). The average molecular weight is 609 g/mol. The minimum Gasteiger partial charge on any atom is -0.386 e. The molecule has 2 saturated heterocycles. The fourth-order valence-electron chi connectivity index (χ4n) is 4.06. The van der Waals surface area contributed by atoms with Gasteiger partial charge in [0.05, 0.1) is 45.7 Å². The van der Waals surface area contributed by atoms with Crippen LogP contribution in [-0.4, -0.2) is 117 Å². The molecule has 0 aromatic carbocycles. The highest BCUT2D eigenvalue weighted by molar-refractivity contribution is 6.60. The Morgan fingerprint density at radius 3 is 1.78 bits per heavy atom. The first-order valence-corrected chi connectivity index (χ1v) is 16.6. The average Bonchev–Trinajstić information content (AvgIpc) is 2.91. The molecule has 0 spiro atoms. The lowest BCUT2D eigenvalue weighted by Gasteiger charge is -2.36. The predicted octanol–water partition coefficient (Wildman–Crippen LogP) is 2.64. The van der Waals surface area contributed by atoms with Crippen LogP contribution < -0.4 is 5.32 Å². The van der Waals surface area contributed by atoms with Crippen LogP contribution in [0.1, 0.15) is 61.3 Å². The highest BCUT2D eigenvalue weighted by Gasteiger charge is 2.39. The van der Waals surface area contributed by atoms with Crippen molar-refractivity contribution in [3.05, 3.63) is 0 Å². The highest BCUT2D eigenvalue weighted by atomic mass is 28.4. The van der Waals surface area contributed by atoms with Crippen LogP contribution in [0, 0.1) is 0 Å². The molecule has 1 N–H and O–H groups in total. The molecule has 14 heteroatoms. The van der Waals surface area contributed by atoms with Crippen molar-refractivity contribution < 1.29 is 51.3 Å². The van der Waals surface area contributed by atoms with Gasteiger partial charge >= 0.3 is 8.80 Å². The van der Waals surface area contributed by atoms with Gasteiger partial charge in [0.25, 0.3) is 5.91 Å². The van der Waals surface area contributed by atoms with Crippen molar-refractivity contribution in [1.82, 2.24) is 5.32 Å². The van der Waals surface area contributed by atoms with E-state index in [4.69, 9.17) is 46.5 Å². The summed E-state index contributed by atoms with van der Waals surface area (Å²) in [5.41, 5.74) is 0. The zero-order valence-corrected chi connectivity index (χ0v) is 26.9. The number of carbonyl (C=O) groups is 1. The summed E-state index contributed by atoms with van der Waals surface area (Å²) >= 11 is 0. The van der Waals surface area contributed by atoms with Gasteiger partial charge in [0, 0.05) is 32.1 Å². The molecule has 0 radical (unpaired) electrons. The Morgan fingerprint density at radius 2 is 1.34 bits per heavy atom. The second-order valence-electron chi connectivity index (χ2n) is 10.7. The Hall–Kier alpha value is -1.20. The van der Waals surface area contributed by atoms with E-state index >= 15 is 0 Å². The Kier molecular flexibility index (Phi) is 16.2. The normalized spacial score (nSPS) is 20.1. The second-order valence-corrected chi connectivity index (χ2v) is 13.4. The number of carbonyl (C=O) groups excluding carboxylic acids is 1. The van der Waals surface area contributed by atoms with Gasteiger partial charge in [-0.1, -0.05) is 5.16 Å². The molecule has 1 amide bonds. The zero-order valence-electron chi connectivity index (χ0n) is 25.9. The molecule has 0 bridgehead atoms. The van der Waals surface area contributed by atoms with Gasteiger partial charge in [-0.3, -0.25) is 4.79 Å². The van der Waals surface area contributed by atoms with E-state index in [0.717, 1.165) is 6.42 Å². The number of hydrogen-bond acceptors (Lipinski definition) is 12. The molecule has 2 fully saturated rings. The summed E-state index contributed by atoms with van der Waals surface area (Å²) in [6, 6.07) is 0.244. The number of oxime groups is 1. The first kappa shape index (κ1) is 36.0. The first-order chi connectivity index (χ1) is 19.5. The van der Waals surface area contributed by atoms with Crippen molar-refractivity contribution in [3.8, 4) is 0 Å². The molecule has 2 aliphatic rings. The van der Waals surface area contributed by atoms with Gasteiger partial charge in [-0.25, -0.2) is 0 Å². The lowest BCUT2D eigenvalue weighted by atomic mass is 10.2. The van der Waals surface area contributed by atoms with Gasteiger partial charge in [0.1, 0.15) is 12.2 Å². The lowest BCUT2D eigenvalue weighted by Crippen LogP contribution is -2.49. The van der Waals surface area contributed by atoms with Crippen LogP contribution >= 0.6 is 0 Å². The Balaban J connectivity index is 1.76. The van der Waals surface area contributed by atoms with E-state index in [1.807, 2.05) is 48.5 Å². The van der Waals surface area contributed by atoms with Crippen LogP contribution in [0.25, 0.3) is 0 Å². The van der Waals surface area contributed by atoms with Crippen molar-refractivity contribution in [2.45, 2.75) is 97.2 Å². The van der Waals surface area contributed by atoms with Gasteiger partial charge in [-0.15, -0.1) is 0 Å². The van der Waals surface area contributed by atoms with E-state index in [9.17, 15) is 4.79 Å². The Bertz CT molecular complexity index is 703. The molecule has 41 heavy (non-hydrogen) atoms. The van der Waals surface area contributed by atoms with E-state index in [1.165, 1.54) is 0 Å². The van der Waals surface area contributed by atoms with Crippen molar-refractivity contribution in [1.29, 1.82) is 0 Å². The Morgan fingerprint density at radius 1 is 0.878 bits per heavy atom. The predicted molar refractivity (Wildman–Crippen MR) is 152 cm³/mol. The SMILES string of the molecule is CCO[Si](CCCC=NOCC(=O)NC(COC1COC(C)(C)OC1)COC1COC(C)(C)OC1)(OCC)OCC. The zero-order chi connectivity index (χ0) is 30.2. The minimum absolute atomic E-state index is 0.206. The number of nitrogens with one attached hydrogen (secondary N) is 1. The molecule has 0 unspecified atom stereocenters. The maximum absolute atomic E-state index is 12.6. The van der Waals surface area contributed by atoms with Gasteiger partial charge in [0.2, 0.25) is 0 Å². The lowest BCUT2D eigenvalue weighted by molar-refractivity contribution is -0.283. The van der Waals surface area contributed by atoms with E-state index in [2.05, 4.69) is 10.5 Å². The summed E-state index contributed by atoms with van der Waals surface area (Å²) in [4.78, 5) is 17.8. The maximum Gasteiger partial charge on any atom is 0.500 e. The number of unbranched alkanes of at least 4 members (excludes halogenated alkanes) is 1. The third-order valence-electron chi connectivity index (χ3n) is 6.15. The third kappa shape index (κ3) is 14.7. The number of rotatable bonds is 20. The van der Waals surface area contributed by atoms with Gasteiger partial charge in [-0.2, -0.15) is 0 Å². The van der Waals surface area contributed by atoms with Crippen molar-refractivity contribution in [2.24, 2.45) is 5.16 Å². The number of amides is 1. The van der Waals surface area contributed by atoms with Crippen LogP contribution in [0.5, 0.6) is 0 Å². The molecule has 2 aliphatic heterocycles. The summed E-state index contributed by atoms with van der Waals surface area (Å²) in [6.45, 7) is 16.6.